The first-order chi connectivity index (χ1) is 9.18. The molecule has 3 rings (SSSR count). The Kier molecular flexibility index (Phi) is 3.31. The molecule has 104 valence electrons. The van der Waals surface area contributed by atoms with Crippen LogP contribution in [0.25, 0.3) is 0 Å². The SMILES string of the molecule is CC1=C(N2CC[C@@H](C3CCNCC3)C2=O)COC1=O. The quantitative estimate of drug-likeness (QED) is 0.745. The first kappa shape index (κ1) is 12.7. The zero-order chi connectivity index (χ0) is 13.4. The maximum absolute atomic E-state index is 12.5. The third-order valence-corrected chi connectivity index (χ3v) is 4.60. The molecule has 0 aromatic rings. The zero-order valence-corrected chi connectivity index (χ0v) is 11.3. The largest absolute Gasteiger partial charge is 0.456 e. The maximum atomic E-state index is 12.5. The minimum atomic E-state index is -0.284. The van der Waals surface area contributed by atoms with Gasteiger partial charge in [0.25, 0.3) is 0 Å². The number of piperidine rings is 1. The molecule has 1 N–H and O–H groups in total. The normalized spacial score (nSPS) is 29.3. The van der Waals surface area contributed by atoms with Crippen LogP contribution in [0.1, 0.15) is 26.2 Å². The second-order valence-electron chi connectivity index (χ2n) is 5.62. The van der Waals surface area contributed by atoms with Crippen LogP contribution in [-0.4, -0.2) is 43.0 Å². The van der Waals surface area contributed by atoms with Gasteiger partial charge in [-0.15, -0.1) is 0 Å². The van der Waals surface area contributed by atoms with Crippen molar-refractivity contribution in [3.8, 4) is 0 Å². The van der Waals surface area contributed by atoms with E-state index in [2.05, 4.69) is 5.32 Å². The highest BCUT2D eigenvalue weighted by Gasteiger charge is 2.41. The van der Waals surface area contributed by atoms with E-state index in [9.17, 15) is 9.59 Å². The maximum Gasteiger partial charge on any atom is 0.336 e. The van der Waals surface area contributed by atoms with Gasteiger partial charge in [0.15, 0.2) is 0 Å². The second kappa shape index (κ2) is 4.96. The topological polar surface area (TPSA) is 58.6 Å². The summed E-state index contributed by atoms with van der Waals surface area (Å²) in [7, 11) is 0. The Morgan fingerprint density at radius 1 is 1.21 bits per heavy atom. The summed E-state index contributed by atoms with van der Waals surface area (Å²) < 4.78 is 5.00. The number of rotatable bonds is 2. The van der Waals surface area contributed by atoms with Crippen molar-refractivity contribution in [2.24, 2.45) is 11.8 Å². The van der Waals surface area contributed by atoms with E-state index in [0.717, 1.165) is 44.6 Å². The number of likely N-dealkylation sites (tertiary alicyclic amines) is 1. The Labute approximate surface area is 113 Å². The predicted molar refractivity (Wildman–Crippen MR) is 69.1 cm³/mol. The van der Waals surface area contributed by atoms with Crippen LogP contribution in [0.2, 0.25) is 0 Å². The second-order valence-corrected chi connectivity index (χ2v) is 5.62. The number of carbonyl (C=O) groups excluding carboxylic acids is 2. The summed E-state index contributed by atoms with van der Waals surface area (Å²) in [5.41, 5.74) is 1.38. The van der Waals surface area contributed by atoms with Crippen molar-refractivity contribution >= 4 is 11.9 Å². The predicted octanol–water partition coefficient (Wildman–Crippen LogP) is 0.665. The van der Waals surface area contributed by atoms with E-state index < -0.39 is 0 Å². The van der Waals surface area contributed by atoms with Crippen molar-refractivity contribution in [3.63, 3.8) is 0 Å². The van der Waals surface area contributed by atoms with Gasteiger partial charge in [-0.1, -0.05) is 0 Å². The standard InChI is InChI=1S/C14H20N2O3/c1-9-12(8-19-14(9)18)16-7-4-11(13(16)17)10-2-5-15-6-3-10/h10-11,15H,2-8H2,1H3/t11-/m0/s1. The van der Waals surface area contributed by atoms with Crippen LogP contribution >= 0.6 is 0 Å². The molecule has 0 aliphatic carbocycles. The fourth-order valence-corrected chi connectivity index (χ4v) is 3.40. The summed E-state index contributed by atoms with van der Waals surface area (Å²) in [6.07, 6.45) is 3.07. The van der Waals surface area contributed by atoms with Crippen LogP contribution in [-0.2, 0) is 14.3 Å². The summed E-state index contributed by atoms with van der Waals surface area (Å²) in [6, 6.07) is 0. The van der Waals surface area contributed by atoms with Crippen molar-refractivity contribution in [1.29, 1.82) is 0 Å². The molecule has 2 saturated heterocycles. The van der Waals surface area contributed by atoms with Gasteiger partial charge in [0.2, 0.25) is 5.91 Å². The third-order valence-electron chi connectivity index (χ3n) is 4.60. The van der Waals surface area contributed by atoms with Gasteiger partial charge in [0.1, 0.15) is 6.61 Å². The lowest BCUT2D eigenvalue weighted by molar-refractivity contribution is -0.136. The minimum absolute atomic E-state index is 0.137. The molecule has 0 spiro atoms. The van der Waals surface area contributed by atoms with Crippen LogP contribution in [0.5, 0.6) is 0 Å². The number of nitrogens with zero attached hydrogens (tertiary/aromatic N) is 1. The molecule has 3 heterocycles. The van der Waals surface area contributed by atoms with Crippen molar-refractivity contribution in [3.05, 3.63) is 11.3 Å². The van der Waals surface area contributed by atoms with Crippen LogP contribution in [0.4, 0.5) is 0 Å². The van der Waals surface area contributed by atoms with Crippen LogP contribution < -0.4 is 5.32 Å². The van der Waals surface area contributed by atoms with Gasteiger partial charge in [0, 0.05) is 12.5 Å². The Balaban J connectivity index is 1.73. The van der Waals surface area contributed by atoms with Gasteiger partial charge < -0.3 is 15.0 Å². The first-order valence-electron chi connectivity index (χ1n) is 7.07. The van der Waals surface area contributed by atoms with Gasteiger partial charge >= 0.3 is 5.97 Å². The fourth-order valence-electron chi connectivity index (χ4n) is 3.40. The van der Waals surface area contributed by atoms with Gasteiger partial charge in [0.05, 0.1) is 11.3 Å². The highest BCUT2D eigenvalue weighted by Crippen LogP contribution is 2.34. The van der Waals surface area contributed by atoms with Gasteiger partial charge in [-0.05, 0) is 45.2 Å². The Bertz CT molecular complexity index is 438. The monoisotopic (exact) mass is 264 g/mol. The molecule has 0 radical (unpaired) electrons. The zero-order valence-electron chi connectivity index (χ0n) is 11.3. The molecular formula is C14H20N2O3. The minimum Gasteiger partial charge on any atom is -0.456 e. The van der Waals surface area contributed by atoms with Gasteiger partial charge in [-0.3, -0.25) is 4.79 Å². The molecule has 1 amide bonds. The van der Waals surface area contributed by atoms with Gasteiger partial charge in [-0.2, -0.15) is 0 Å². The van der Waals surface area contributed by atoms with E-state index >= 15 is 0 Å². The number of cyclic esters (lactones) is 1. The number of carbonyl (C=O) groups is 2. The van der Waals surface area contributed by atoms with Gasteiger partial charge in [-0.25, -0.2) is 4.79 Å². The van der Waals surface area contributed by atoms with Crippen LogP contribution in [0, 0.1) is 11.8 Å². The summed E-state index contributed by atoms with van der Waals surface area (Å²) in [5.74, 6) is 0.545. The Hall–Kier alpha value is -1.36. The molecule has 0 bridgehead atoms. The van der Waals surface area contributed by atoms with E-state index in [4.69, 9.17) is 4.74 Å². The van der Waals surface area contributed by atoms with E-state index in [-0.39, 0.29) is 24.4 Å². The Morgan fingerprint density at radius 3 is 2.58 bits per heavy atom. The molecule has 19 heavy (non-hydrogen) atoms. The number of nitrogens with one attached hydrogen (secondary N) is 1. The highest BCUT2D eigenvalue weighted by atomic mass is 16.5. The molecule has 2 fully saturated rings. The van der Waals surface area contributed by atoms with Crippen molar-refractivity contribution < 1.29 is 14.3 Å². The summed E-state index contributed by atoms with van der Waals surface area (Å²) in [4.78, 5) is 25.7. The molecule has 0 saturated carbocycles. The van der Waals surface area contributed by atoms with Crippen molar-refractivity contribution in [2.75, 3.05) is 26.2 Å². The average Bonchev–Trinajstić information content (AvgIpc) is 2.96. The first-order valence-corrected chi connectivity index (χ1v) is 7.07. The molecule has 1 atom stereocenters. The number of amides is 1. The summed E-state index contributed by atoms with van der Waals surface area (Å²) in [6.45, 7) is 4.76. The number of esters is 1. The molecular weight excluding hydrogens is 244 g/mol. The summed E-state index contributed by atoms with van der Waals surface area (Å²) in [5, 5.41) is 3.33. The van der Waals surface area contributed by atoms with E-state index in [1.807, 2.05) is 0 Å². The molecule has 0 aromatic heterocycles. The summed E-state index contributed by atoms with van der Waals surface area (Å²) >= 11 is 0. The fraction of sp³-hybridized carbons (Fsp3) is 0.714. The number of ether oxygens (including phenoxy) is 1. The van der Waals surface area contributed by atoms with Crippen molar-refractivity contribution in [2.45, 2.75) is 26.2 Å². The lowest BCUT2D eigenvalue weighted by Gasteiger charge is -2.27. The lowest BCUT2D eigenvalue weighted by Crippen LogP contribution is -2.36. The smallest absolute Gasteiger partial charge is 0.336 e. The molecule has 0 aromatic carbocycles. The van der Waals surface area contributed by atoms with E-state index in [0.29, 0.717) is 11.5 Å². The average molecular weight is 264 g/mol. The molecule has 0 unspecified atom stereocenters. The lowest BCUT2D eigenvalue weighted by atomic mass is 9.84. The molecule has 3 aliphatic rings. The molecule has 5 heteroatoms. The van der Waals surface area contributed by atoms with Crippen molar-refractivity contribution in [1.82, 2.24) is 10.2 Å². The third kappa shape index (κ3) is 2.16. The van der Waals surface area contributed by atoms with E-state index in [1.54, 1.807) is 11.8 Å². The number of hydrogen-bond donors (Lipinski definition) is 1. The highest BCUT2D eigenvalue weighted by molar-refractivity contribution is 5.93. The van der Waals surface area contributed by atoms with E-state index in [1.165, 1.54) is 0 Å². The molecule has 5 nitrogen and oxygen atoms in total. The van der Waals surface area contributed by atoms with Crippen LogP contribution in [0.15, 0.2) is 11.3 Å². The number of hydrogen-bond acceptors (Lipinski definition) is 4. The Morgan fingerprint density at radius 2 is 1.95 bits per heavy atom. The van der Waals surface area contributed by atoms with Crippen LogP contribution in [0.3, 0.4) is 0 Å². The molecule has 3 aliphatic heterocycles.